The molecular weight excluding hydrogens is 396 g/mol. The number of piperidine rings is 1. The highest BCUT2D eigenvalue weighted by atomic mass is 35.5. The second-order valence-electron chi connectivity index (χ2n) is 7.70. The van der Waals surface area contributed by atoms with Gasteiger partial charge in [0.15, 0.2) is 0 Å². The third-order valence-corrected chi connectivity index (χ3v) is 6.91. The van der Waals surface area contributed by atoms with Crippen LogP contribution in [0.15, 0.2) is 47.4 Å². The number of primary sulfonamides is 1. The minimum Gasteiger partial charge on any atom is -0.484 e. The van der Waals surface area contributed by atoms with Crippen molar-refractivity contribution < 1.29 is 13.2 Å². The molecule has 4 rings (SSSR count). The highest BCUT2D eigenvalue weighted by Crippen LogP contribution is 2.41. The normalized spacial score (nSPS) is 22.8. The number of nitrogens with two attached hydrogens (primary N) is 1. The maximum Gasteiger partial charge on any atom is 0.238 e. The van der Waals surface area contributed by atoms with Crippen LogP contribution in [0.4, 0.5) is 0 Å². The van der Waals surface area contributed by atoms with E-state index in [2.05, 4.69) is 23.1 Å². The standard InChI is InChI=1S/C21H25ClN2O3S/c22-19-13-17(28(23,25)26)8-9-20(19)27-21-16(14-24-10-4-1-5-11-24)12-15-6-2-3-7-18(15)21/h2-3,6-9,13,16,21H,1,4-5,10-12,14H2,(H2,23,25,26)/t16-,21-/m1/s1. The molecule has 28 heavy (non-hydrogen) atoms. The second kappa shape index (κ2) is 8.03. The van der Waals surface area contributed by atoms with Crippen LogP contribution in [0.3, 0.4) is 0 Å². The highest BCUT2D eigenvalue weighted by Gasteiger charge is 2.35. The molecule has 5 nitrogen and oxygen atoms in total. The first-order valence-corrected chi connectivity index (χ1v) is 11.6. The van der Waals surface area contributed by atoms with E-state index in [1.54, 1.807) is 6.07 Å². The molecule has 0 radical (unpaired) electrons. The van der Waals surface area contributed by atoms with Crippen molar-refractivity contribution >= 4 is 21.6 Å². The second-order valence-corrected chi connectivity index (χ2v) is 9.67. The van der Waals surface area contributed by atoms with Gasteiger partial charge < -0.3 is 9.64 Å². The van der Waals surface area contributed by atoms with E-state index in [4.69, 9.17) is 21.5 Å². The zero-order chi connectivity index (χ0) is 19.7. The van der Waals surface area contributed by atoms with Crippen LogP contribution in [0.2, 0.25) is 5.02 Å². The number of hydrogen-bond donors (Lipinski definition) is 1. The number of benzene rings is 2. The lowest BCUT2D eigenvalue weighted by Gasteiger charge is -2.31. The zero-order valence-corrected chi connectivity index (χ0v) is 17.3. The number of hydrogen-bond acceptors (Lipinski definition) is 4. The van der Waals surface area contributed by atoms with Gasteiger partial charge in [0, 0.05) is 12.5 Å². The van der Waals surface area contributed by atoms with Crippen molar-refractivity contribution in [2.24, 2.45) is 11.1 Å². The minimum absolute atomic E-state index is 0.0125. The number of sulfonamides is 1. The molecule has 2 N–H and O–H groups in total. The molecule has 0 spiro atoms. The predicted octanol–water partition coefficient (Wildman–Crippen LogP) is 3.77. The maximum absolute atomic E-state index is 11.6. The Morgan fingerprint density at radius 2 is 1.86 bits per heavy atom. The molecule has 2 aliphatic rings. The molecule has 7 heteroatoms. The van der Waals surface area contributed by atoms with Gasteiger partial charge in [-0.3, -0.25) is 0 Å². The largest absolute Gasteiger partial charge is 0.484 e. The molecule has 0 saturated carbocycles. The Morgan fingerprint density at radius 1 is 1.11 bits per heavy atom. The van der Waals surface area contributed by atoms with E-state index < -0.39 is 10.0 Å². The van der Waals surface area contributed by atoms with Crippen molar-refractivity contribution in [1.29, 1.82) is 0 Å². The van der Waals surface area contributed by atoms with Gasteiger partial charge in [0.25, 0.3) is 0 Å². The lowest BCUT2D eigenvalue weighted by Crippen LogP contribution is -2.36. The number of rotatable bonds is 5. The first kappa shape index (κ1) is 19.7. The van der Waals surface area contributed by atoms with Gasteiger partial charge in [0.05, 0.1) is 9.92 Å². The molecule has 1 aliphatic carbocycles. The predicted molar refractivity (Wildman–Crippen MR) is 110 cm³/mol. The van der Waals surface area contributed by atoms with Gasteiger partial charge >= 0.3 is 0 Å². The van der Waals surface area contributed by atoms with Crippen LogP contribution < -0.4 is 9.88 Å². The molecular formula is C21H25ClN2O3S. The van der Waals surface area contributed by atoms with E-state index in [9.17, 15) is 8.42 Å². The van der Waals surface area contributed by atoms with Crippen LogP contribution in [-0.4, -0.2) is 33.0 Å². The summed E-state index contributed by atoms with van der Waals surface area (Å²) in [4.78, 5) is 2.52. The Labute approximate surface area is 171 Å². The van der Waals surface area contributed by atoms with Gasteiger partial charge in [-0.15, -0.1) is 0 Å². The lowest BCUT2D eigenvalue weighted by molar-refractivity contribution is 0.104. The smallest absolute Gasteiger partial charge is 0.238 e. The molecule has 0 unspecified atom stereocenters. The quantitative estimate of drug-likeness (QED) is 0.799. The summed E-state index contributed by atoms with van der Waals surface area (Å²) in [5.41, 5.74) is 2.50. The third-order valence-electron chi connectivity index (χ3n) is 5.70. The summed E-state index contributed by atoms with van der Waals surface area (Å²) >= 11 is 6.33. The molecule has 1 aliphatic heterocycles. The monoisotopic (exact) mass is 420 g/mol. The Morgan fingerprint density at radius 3 is 2.57 bits per heavy atom. The first-order valence-electron chi connectivity index (χ1n) is 9.71. The van der Waals surface area contributed by atoms with Crippen LogP contribution >= 0.6 is 11.6 Å². The van der Waals surface area contributed by atoms with Crippen LogP contribution in [0.25, 0.3) is 0 Å². The van der Waals surface area contributed by atoms with Crippen LogP contribution in [0.5, 0.6) is 5.75 Å². The summed E-state index contributed by atoms with van der Waals surface area (Å²) in [5.74, 6) is 0.823. The van der Waals surface area contributed by atoms with E-state index in [0.717, 1.165) is 26.1 Å². The molecule has 1 saturated heterocycles. The van der Waals surface area contributed by atoms with Crippen molar-refractivity contribution in [3.8, 4) is 5.75 Å². The molecule has 2 aromatic rings. The number of ether oxygens (including phenoxy) is 1. The fourth-order valence-electron chi connectivity index (χ4n) is 4.33. The van der Waals surface area contributed by atoms with E-state index in [0.29, 0.717) is 11.7 Å². The van der Waals surface area contributed by atoms with E-state index in [1.165, 1.54) is 42.5 Å². The molecule has 2 aromatic carbocycles. The first-order chi connectivity index (χ1) is 13.4. The molecule has 1 heterocycles. The van der Waals surface area contributed by atoms with Crippen LogP contribution in [0, 0.1) is 5.92 Å². The van der Waals surface area contributed by atoms with Crippen molar-refractivity contribution in [1.82, 2.24) is 4.90 Å². The molecule has 0 aromatic heterocycles. The Hall–Kier alpha value is -1.60. The average molecular weight is 421 g/mol. The third kappa shape index (κ3) is 4.20. The van der Waals surface area contributed by atoms with Crippen LogP contribution in [0.1, 0.15) is 36.5 Å². The van der Waals surface area contributed by atoms with E-state index in [-0.39, 0.29) is 16.0 Å². The van der Waals surface area contributed by atoms with Gasteiger partial charge in [0.1, 0.15) is 11.9 Å². The lowest BCUT2D eigenvalue weighted by atomic mass is 10.0. The van der Waals surface area contributed by atoms with Gasteiger partial charge in [-0.1, -0.05) is 42.3 Å². The fourth-order valence-corrected chi connectivity index (χ4v) is 5.16. The van der Waals surface area contributed by atoms with Gasteiger partial charge in [-0.05, 0) is 61.7 Å². The summed E-state index contributed by atoms with van der Waals surface area (Å²) in [6, 6.07) is 12.8. The molecule has 2 atom stereocenters. The minimum atomic E-state index is -3.79. The van der Waals surface area contributed by atoms with Crippen molar-refractivity contribution in [2.45, 2.75) is 36.7 Å². The van der Waals surface area contributed by atoms with Gasteiger partial charge in [0.2, 0.25) is 10.0 Å². The Bertz CT molecular complexity index is 958. The van der Waals surface area contributed by atoms with Crippen molar-refractivity contribution in [3.63, 3.8) is 0 Å². The maximum atomic E-state index is 11.6. The Kier molecular flexibility index (Phi) is 5.65. The fraction of sp³-hybridized carbons (Fsp3) is 0.429. The summed E-state index contributed by atoms with van der Waals surface area (Å²) in [7, 11) is -3.79. The summed E-state index contributed by atoms with van der Waals surface area (Å²) in [5, 5.41) is 5.45. The number of nitrogens with zero attached hydrogens (tertiary/aromatic N) is 1. The number of likely N-dealkylation sites (tertiary alicyclic amines) is 1. The van der Waals surface area contributed by atoms with E-state index in [1.807, 2.05) is 6.07 Å². The SMILES string of the molecule is NS(=O)(=O)c1ccc(O[C@H]2c3ccccc3C[C@@H]2CN2CCCCC2)c(Cl)c1. The van der Waals surface area contributed by atoms with Gasteiger partial charge in [-0.25, -0.2) is 13.6 Å². The molecule has 1 fully saturated rings. The zero-order valence-electron chi connectivity index (χ0n) is 15.7. The van der Waals surface area contributed by atoms with E-state index >= 15 is 0 Å². The number of halogens is 1. The summed E-state index contributed by atoms with van der Waals surface area (Å²) in [6.07, 6.45) is 4.70. The average Bonchev–Trinajstić information content (AvgIpc) is 3.00. The molecule has 0 bridgehead atoms. The number of fused-ring (bicyclic) bond motifs is 1. The molecule has 150 valence electrons. The summed E-state index contributed by atoms with van der Waals surface area (Å²) in [6.45, 7) is 3.28. The van der Waals surface area contributed by atoms with Crippen molar-refractivity contribution in [3.05, 3.63) is 58.6 Å². The van der Waals surface area contributed by atoms with Crippen molar-refractivity contribution in [2.75, 3.05) is 19.6 Å². The highest BCUT2D eigenvalue weighted by molar-refractivity contribution is 7.89. The summed E-state index contributed by atoms with van der Waals surface area (Å²) < 4.78 is 29.5. The topological polar surface area (TPSA) is 72.6 Å². The Balaban J connectivity index is 1.59. The van der Waals surface area contributed by atoms with Gasteiger partial charge in [-0.2, -0.15) is 0 Å². The molecule has 0 amide bonds. The van der Waals surface area contributed by atoms with Crippen LogP contribution in [-0.2, 0) is 16.4 Å².